The van der Waals surface area contributed by atoms with Gasteiger partial charge in [-0.2, -0.15) is 0 Å². The van der Waals surface area contributed by atoms with E-state index in [1.165, 1.54) is 0 Å². The van der Waals surface area contributed by atoms with Crippen molar-refractivity contribution in [1.82, 2.24) is 10.2 Å². The zero-order chi connectivity index (χ0) is 19.5. The molecule has 0 aromatic heterocycles. The first-order chi connectivity index (χ1) is 13.2. The van der Waals surface area contributed by atoms with Gasteiger partial charge in [0, 0.05) is 35.8 Å². The first kappa shape index (κ1) is 27.8. The van der Waals surface area contributed by atoms with Gasteiger partial charge in [-0.25, -0.2) is 0 Å². The van der Waals surface area contributed by atoms with Crippen molar-refractivity contribution in [2.75, 3.05) is 32.8 Å². The Balaban J connectivity index is 0.00000392. The maximum atomic E-state index is 6.26. The Morgan fingerprint density at radius 2 is 1.59 bits per heavy atom. The van der Waals surface area contributed by atoms with E-state index in [0.717, 1.165) is 55.3 Å². The lowest BCUT2D eigenvalue weighted by Gasteiger charge is -2.19. The highest BCUT2D eigenvalue weighted by Gasteiger charge is 2.12. The SMILES string of the molecule is CCOc1cccc(CNCCN(CC)CC)c1OCc1ccccc1Cl.Cl.Cl. The molecule has 0 saturated heterocycles. The summed E-state index contributed by atoms with van der Waals surface area (Å²) in [7, 11) is 0. The predicted molar refractivity (Wildman–Crippen MR) is 127 cm³/mol. The minimum Gasteiger partial charge on any atom is -0.490 e. The van der Waals surface area contributed by atoms with Crippen LogP contribution in [0.4, 0.5) is 0 Å². The fourth-order valence-electron chi connectivity index (χ4n) is 2.90. The van der Waals surface area contributed by atoms with Gasteiger partial charge in [0.1, 0.15) is 6.61 Å². The Labute approximate surface area is 192 Å². The Bertz CT molecular complexity index is 698. The van der Waals surface area contributed by atoms with Gasteiger partial charge in [-0.05, 0) is 32.1 Å². The van der Waals surface area contributed by atoms with Crippen LogP contribution in [0, 0.1) is 0 Å². The number of ether oxygens (including phenoxy) is 2. The summed E-state index contributed by atoms with van der Waals surface area (Å²) in [5.41, 5.74) is 2.05. The summed E-state index contributed by atoms with van der Waals surface area (Å²) >= 11 is 6.26. The molecule has 0 heterocycles. The average molecular weight is 464 g/mol. The highest BCUT2D eigenvalue weighted by Crippen LogP contribution is 2.32. The van der Waals surface area contributed by atoms with Crippen molar-refractivity contribution in [2.24, 2.45) is 0 Å². The van der Waals surface area contributed by atoms with E-state index in [1.54, 1.807) is 0 Å². The van der Waals surface area contributed by atoms with Crippen LogP contribution in [0.25, 0.3) is 0 Å². The molecule has 164 valence electrons. The van der Waals surface area contributed by atoms with Gasteiger partial charge in [-0.3, -0.25) is 0 Å². The summed E-state index contributed by atoms with van der Waals surface area (Å²) < 4.78 is 11.9. The van der Waals surface area contributed by atoms with E-state index >= 15 is 0 Å². The summed E-state index contributed by atoms with van der Waals surface area (Å²) in [6.07, 6.45) is 0. The van der Waals surface area contributed by atoms with Crippen LogP contribution in [0.5, 0.6) is 11.5 Å². The van der Waals surface area contributed by atoms with Crippen LogP contribution in [0.15, 0.2) is 42.5 Å². The van der Waals surface area contributed by atoms with Crippen molar-refractivity contribution < 1.29 is 9.47 Å². The van der Waals surface area contributed by atoms with Crippen molar-refractivity contribution in [3.05, 3.63) is 58.6 Å². The van der Waals surface area contributed by atoms with Crippen molar-refractivity contribution >= 4 is 36.4 Å². The molecule has 7 heteroatoms. The molecule has 0 saturated carbocycles. The molecule has 0 spiro atoms. The van der Waals surface area contributed by atoms with Gasteiger partial charge < -0.3 is 19.7 Å². The number of hydrogen-bond acceptors (Lipinski definition) is 4. The molecular formula is C22H33Cl3N2O2. The van der Waals surface area contributed by atoms with Crippen LogP contribution in [0.2, 0.25) is 5.02 Å². The fourth-order valence-corrected chi connectivity index (χ4v) is 3.09. The fraction of sp³-hybridized carbons (Fsp3) is 0.455. The summed E-state index contributed by atoms with van der Waals surface area (Å²) in [5, 5.41) is 4.23. The molecule has 2 aromatic rings. The van der Waals surface area contributed by atoms with Crippen molar-refractivity contribution in [3.8, 4) is 11.5 Å². The second-order valence-corrected chi connectivity index (χ2v) is 6.67. The van der Waals surface area contributed by atoms with E-state index < -0.39 is 0 Å². The lowest BCUT2D eigenvalue weighted by atomic mass is 10.1. The lowest BCUT2D eigenvalue weighted by molar-refractivity contribution is 0.265. The van der Waals surface area contributed by atoms with E-state index in [0.29, 0.717) is 18.2 Å². The van der Waals surface area contributed by atoms with E-state index in [-0.39, 0.29) is 24.8 Å². The molecule has 0 bridgehead atoms. The second kappa shape index (κ2) is 15.6. The van der Waals surface area contributed by atoms with Gasteiger partial charge in [0.15, 0.2) is 11.5 Å². The molecule has 0 unspecified atom stereocenters. The number of rotatable bonds is 12. The quantitative estimate of drug-likeness (QED) is 0.416. The Kier molecular flexibility index (Phi) is 15.0. The Morgan fingerprint density at radius 3 is 2.24 bits per heavy atom. The highest BCUT2D eigenvalue weighted by molar-refractivity contribution is 6.31. The van der Waals surface area contributed by atoms with E-state index in [4.69, 9.17) is 21.1 Å². The third kappa shape index (κ3) is 9.02. The summed E-state index contributed by atoms with van der Waals surface area (Å²) in [5.74, 6) is 1.56. The van der Waals surface area contributed by atoms with Crippen LogP contribution >= 0.6 is 36.4 Å². The van der Waals surface area contributed by atoms with Gasteiger partial charge in [0.05, 0.1) is 6.61 Å². The molecule has 0 radical (unpaired) electrons. The molecule has 0 aliphatic rings. The molecule has 4 nitrogen and oxygen atoms in total. The number of benzene rings is 2. The lowest BCUT2D eigenvalue weighted by Crippen LogP contribution is -2.31. The highest BCUT2D eigenvalue weighted by atomic mass is 35.5. The van der Waals surface area contributed by atoms with Crippen LogP contribution < -0.4 is 14.8 Å². The number of nitrogens with one attached hydrogen (secondary N) is 1. The van der Waals surface area contributed by atoms with Crippen LogP contribution in [0.3, 0.4) is 0 Å². The minimum absolute atomic E-state index is 0. The normalized spacial score (nSPS) is 10.2. The first-order valence-corrected chi connectivity index (χ1v) is 10.1. The smallest absolute Gasteiger partial charge is 0.166 e. The maximum Gasteiger partial charge on any atom is 0.166 e. The van der Waals surface area contributed by atoms with Crippen LogP contribution in [-0.4, -0.2) is 37.7 Å². The summed E-state index contributed by atoms with van der Waals surface area (Å²) in [6, 6.07) is 13.8. The molecule has 2 rings (SSSR count). The number of halogens is 3. The van der Waals surface area contributed by atoms with Gasteiger partial charge in [-0.15, -0.1) is 24.8 Å². The number of para-hydroxylation sites is 1. The molecule has 0 fully saturated rings. The van der Waals surface area contributed by atoms with Crippen LogP contribution in [0.1, 0.15) is 31.9 Å². The van der Waals surface area contributed by atoms with E-state index in [1.807, 2.05) is 43.3 Å². The Hall–Kier alpha value is -1.17. The maximum absolute atomic E-state index is 6.26. The molecule has 2 aromatic carbocycles. The third-order valence-corrected chi connectivity index (χ3v) is 4.87. The minimum atomic E-state index is 0. The zero-order valence-corrected chi connectivity index (χ0v) is 19.8. The number of likely N-dealkylation sites (N-methyl/N-ethyl adjacent to an activating group) is 1. The predicted octanol–water partition coefficient (Wildman–Crippen LogP) is 5.59. The largest absolute Gasteiger partial charge is 0.490 e. The monoisotopic (exact) mass is 462 g/mol. The van der Waals surface area contributed by atoms with Crippen LogP contribution in [-0.2, 0) is 13.2 Å². The number of hydrogen-bond donors (Lipinski definition) is 1. The molecular weight excluding hydrogens is 431 g/mol. The van der Waals surface area contributed by atoms with E-state index in [9.17, 15) is 0 Å². The van der Waals surface area contributed by atoms with Crippen molar-refractivity contribution in [2.45, 2.75) is 33.9 Å². The first-order valence-electron chi connectivity index (χ1n) is 9.73. The van der Waals surface area contributed by atoms with Gasteiger partial charge in [0.2, 0.25) is 0 Å². The Morgan fingerprint density at radius 1 is 0.897 bits per heavy atom. The molecule has 0 aliphatic carbocycles. The molecule has 0 amide bonds. The summed E-state index contributed by atoms with van der Waals surface area (Å²) in [6.45, 7) is 12.2. The van der Waals surface area contributed by atoms with Crippen molar-refractivity contribution in [1.29, 1.82) is 0 Å². The van der Waals surface area contributed by atoms with E-state index in [2.05, 4.69) is 30.1 Å². The van der Waals surface area contributed by atoms with Gasteiger partial charge in [0.25, 0.3) is 0 Å². The second-order valence-electron chi connectivity index (χ2n) is 6.26. The molecule has 1 N–H and O–H groups in total. The van der Waals surface area contributed by atoms with Gasteiger partial charge in [-0.1, -0.05) is 55.8 Å². The topological polar surface area (TPSA) is 33.7 Å². The van der Waals surface area contributed by atoms with Gasteiger partial charge >= 0.3 is 0 Å². The zero-order valence-electron chi connectivity index (χ0n) is 17.4. The summed E-state index contributed by atoms with van der Waals surface area (Å²) in [4.78, 5) is 2.40. The molecule has 0 atom stereocenters. The molecule has 0 aliphatic heterocycles. The average Bonchev–Trinajstić information content (AvgIpc) is 2.69. The molecule has 29 heavy (non-hydrogen) atoms. The number of nitrogens with zero attached hydrogens (tertiary/aromatic N) is 1. The van der Waals surface area contributed by atoms with Crippen molar-refractivity contribution in [3.63, 3.8) is 0 Å². The standard InChI is InChI=1S/C22H31ClN2O2.2ClH/c1-4-25(5-2)15-14-24-16-18-11-9-13-21(26-6-3)22(18)27-17-19-10-7-8-12-20(19)23;;/h7-13,24H,4-6,14-17H2,1-3H3;2*1H. The third-order valence-electron chi connectivity index (χ3n) is 4.50.